The predicted molar refractivity (Wildman–Crippen MR) is 40.8 cm³/mol. The predicted octanol–water partition coefficient (Wildman–Crippen LogP) is 1.73. The van der Waals surface area contributed by atoms with Crippen molar-refractivity contribution in [2.45, 2.75) is 38.9 Å². The van der Waals surface area contributed by atoms with Gasteiger partial charge in [0.15, 0.2) is 0 Å². The fourth-order valence-corrected chi connectivity index (χ4v) is 1.77. The molecule has 0 aromatic heterocycles. The molecule has 2 unspecified atom stereocenters. The van der Waals surface area contributed by atoms with Crippen molar-refractivity contribution in [3.63, 3.8) is 0 Å². The zero-order valence-electron chi connectivity index (χ0n) is 6.95. The van der Waals surface area contributed by atoms with Crippen LogP contribution < -0.4 is 5.32 Å². The average molecular weight is 145 g/mol. The monoisotopic (exact) mass is 145 g/mol. The van der Waals surface area contributed by atoms with Crippen LogP contribution >= 0.6 is 0 Å². The zero-order chi connectivity index (χ0) is 7.78. The summed E-state index contributed by atoms with van der Waals surface area (Å²) in [4.78, 5) is 0. The van der Waals surface area contributed by atoms with E-state index in [9.17, 15) is 4.39 Å². The van der Waals surface area contributed by atoms with Crippen LogP contribution in [0.4, 0.5) is 4.39 Å². The van der Waals surface area contributed by atoms with Gasteiger partial charge in [-0.15, -0.1) is 0 Å². The summed E-state index contributed by atoms with van der Waals surface area (Å²) in [6.45, 7) is 6.63. The summed E-state index contributed by atoms with van der Waals surface area (Å²) in [6.07, 6.45) is 0.663. The third-order valence-corrected chi connectivity index (χ3v) is 2.29. The van der Waals surface area contributed by atoms with E-state index in [1.165, 1.54) is 0 Å². The highest BCUT2D eigenvalue weighted by Crippen LogP contribution is 2.29. The summed E-state index contributed by atoms with van der Waals surface area (Å²) < 4.78 is 13.5. The minimum Gasteiger partial charge on any atom is -0.311 e. The molecule has 60 valence electrons. The van der Waals surface area contributed by atoms with E-state index in [0.29, 0.717) is 12.3 Å². The molecule has 2 heteroatoms. The number of nitrogens with one attached hydrogen (secondary N) is 1. The summed E-state index contributed by atoms with van der Waals surface area (Å²) in [7, 11) is 0. The Kier molecular flexibility index (Phi) is 1.99. The second-order valence-electron chi connectivity index (χ2n) is 3.70. The van der Waals surface area contributed by atoms with Crippen molar-refractivity contribution in [2.24, 2.45) is 5.92 Å². The molecular formula is C8H16FN. The molecule has 0 amide bonds. The topological polar surface area (TPSA) is 12.0 Å². The van der Waals surface area contributed by atoms with Gasteiger partial charge in [0.25, 0.3) is 0 Å². The van der Waals surface area contributed by atoms with Crippen LogP contribution in [0.5, 0.6) is 0 Å². The van der Waals surface area contributed by atoms with Crippen LogP contribution in [0, 0.1) is 5.92 Å². The molecule has 1 aliphatic rings. The molecule has 10 heavy (non-hydrogen) atoms. The van der Waals surface area contributed by atoms with Crippen LogP contribution in [0.15, 0.2) is 0 Å². The van der Waals surface area contributed by atoms with Crippen LogP contribution in [0.3, 0.4) is 0 Å². The molecule has 0 aromatic carbocycles. The molecule has 1 N–H and O–H groups in total. The van der Waals surface area contributed by atoms with Crippen molar-refractivity contribution < 1.29 is 4.39 Å². The lowest BCUT2D eigenvalue weighted by Crippen LogP contribution is -2.40. The first-order valence-corrected chi connectivity index (χ1v) is 3.96. The maximum atomic E-state index is 13.5. The fourth-order valence-electron chi connectivity index (χ4n) is 1.77. The molecule has 1 saturated heterocycles. The van der Waals surface area contributed by atoms with E-state index in [0.717, 1.165) is 6.54 Å². The van der Waals surface area contributed by atoms with Gasteiger partial charge in [0.2, 0.25) is 0 Å². The molecule has 0 spiro atoms. The van der Waals surface area contributed by atoms with Gasteiger partial charge < -0.3 is 5.32 Å². The number of halogens is 1. The summed E-state index contributed by atoms with van der Waals surface area (Å²) in [5, 5.41) is 3.17. The first-order valence-electron chi connectivity index (χ1n) is 3.96. The Morgan fingerprint density at radius 1 is 1.60 bits per heavy atom. The largest absolute Gasteiger partial charge is 0.311 e. The standard InChI is InChI=1S/C8H16FN/c1-6(2)7-8(3,9)4-5-10-7/h6-7,10H,4-5H2,1-3H3. The average Bonchev–Trinajstić information content (AvgIpc) is 2.08. The van der Waals surface area contributed by atoms with Crippen molar-refractivity contribution in [3.05, 3.63) is 0 Å². The Balaban J connectivity index is 2.59. The smallest absolute Gasteiger partial charge is 0.124 e. The SMILES string of the molecule is CC(C)C1NCCC1(C)F. The van der Waals surface area contributed by atoms with Crippen molar-refractivity contribution in [1.82, 2.24) is 5.32 Å². The van der Waals surface area contributed by atoms with E-state index in [-0.39, 0.29) is 6.04 Å². The molecule has 0 bridgehead atoms. The summed E-state index contributed by atoms with van der Waals surface area (Å²) in [5.41, 5.74) is -0.978. The Hall–Kier alpha value is -0.110. The van der Waals surface area contributed by atoms with E-state index in [1.54, 1.807) is 6.92 Å². The minimum atomic E-state index is -0.978. The van der Waals surface area contributed by atoms with Crippen molar-refractivity contribution >= 4 is 0 Å². The van der Waals surface area contributed by atoms with Gasteiger partial charge in [0.1, 0.15) is 5.67 Å². The third-order valence-electron chi connectivity index (χ3n) is 2.29. The Morgan fingerprint density at radius 3 is 2.40 bits per heavy atom. The summed E-state index contributed by atoms with van der Waals surface area (Å²) >= 11 is 0. The molecule has 0 aromatic rings. The second kappa shape index (κ2) is 2.50. The van der Waals surface area contributed by atoms with Gasteiger partial charge in [0, 0.05) is 6.04 Å². The molecule has 0 radical (unpaired) electrons. The fraction of sp³-hybridized carbons (Fsp3) is 1.00. The van der Waals surface area contributed by atoms with E-state index in [4.69, 9.17) is 0 Å². The van der Waals surface area contributed by atoms with Gasteiger partial charge in [0.05, 0.1) is 0 Å². The second-order valence-corrected chi connectivity index (χ2v) is 3.70. The highest BCUT2D eigenvalue weighted by Gasteiger charge is 2.40. The number of hydrogen-bond donors (Lipinski definition) is 1. The highest BCUT2D eigenvalue weighted by molar-refractivity contribution is 4.96. The van der Waals surface area contributed by atoms with E-state index in [2.05, 4.69) is 19.2 Å². The van der Waals surface area contributed by atoms with Gasteiger partial charge in [-0.1, -0.05) is 13.8 Å². The molecule has 1 nitrogen and oxygen atoms in total. The van der Waals surface area contributed by atoms with Crippen LogP contribution in [-0.4, -0.2) is 18.3 Å². The van der Waals surface area contributed by atoms with Crippen molar-refractivity contribution in [1.29, 1.82) is 0 Å². The number of alkyl halides is 1. The number of rotatable bonds is 1. The van der Waals surface area contributed by atoms with Gasteiger partial charge >= 0.3 is 0 Å². The van der Waals surface area contributed by atoms with Crippen LogP contribution in [0.2, 0.25) is 0 Å². The summed E-state index contributed by atoms with van der Waals surface area (Å²) in [5.74, 6) is 0.400. The third kappa shape index (κ3) is 1.31. The summed E-state index contributed by atoms with van der Waals surface area (Å²) in [6, 6.07) is 0.0625. The minimum absolute atomic E-state index is 0.0625. The van der Waals surface area contributed by atoms with Crippen molar-refractivity contribution in [2.75, 3.05) is 6.54 Å². The molecule has 0 aliphatic carbocycles. The molecule has 0 saturated carbocycles. The Morgan fingerprint density at radius 2 is 2.20 bits per heavy atom. The zero-order valence-corrected chi connectivity index (χ0v) is 6.95. The molecule has 1 rings (SSSR count). The molecule has 1 heterocycles. The molecular weight excluding hydrogens is 129 g/mol. The lowest BCUT2D eigenvalue weighted by molar-refractivity contribution is 0.141. The van der Waals surface area contributed by atoms with Gasteiger partial charge in [-0.2, -0.15) is 0 Å². The Labute approximate surface area is 62.0 Å². The number of hydrogen-bond acceptors (Lipinski definition) is 1. The lowest BCUT2D eigenvalue weighted by atomic mass is 9.91. The van der Waals surface area contributed by atoms with Crippen molar-refractivity contribution in [3.8, 4) is 0 Å². The van der Waals surface area contributed by atoms with Crippen LogP contribution in [0.1, 0.15) is 27.2 Å². The maximum absolute atomic E-state index is 13.5. The van der Waals surface area contributed by atoms with Gasteiger partial charge in [-0.3, -0.25) is 0 Å². The molecule has 2 atom stereocenters. The normalized spacial score (nSPS) is 41.1. The van der Waals surface area contributed by atoms with Crippen LogP contribution in [0.25, 0.3) is 0 Å². The molecule has 1 aliphatic heterocycles. The van der Waals surface area contributed by atoms with E-state index in [1.807, 2.05) is 0 Å². The first kappa shape index (κ1) is 7.99. The first-order chi connectivity index (χ1) is 4.54. The lowest BCUT2D eigenvalue weighted by Gasteiger charge is -2.25. The Bertz CT molecular complexity index is 120. The van der Waals surface area contributed by atoms with E-state index < -0.39 is 5.67 Å². The molecule has 1 fully saturated rings. The highest BCUT2D eigenvalue weighted by atomic mass is 19.1. The van der Waals surface area contributed by atoms with E-state index >= 15 is 0 Å². The van der Waals surface area contributed by atoms with Gasteiger partial charge in [-0.25, -0.2) is 4.39 Å². The maximum Gasteiger partial charge on any atom is 0.124 e. The quantitative estimate of drug-likeness (QED) is 0.592. The van der Waals surface area contributed by atoms with Gasteiger partial charge in [-0.05, 0) is 25.8 Å². The van der Waals surface area contributed by atoms with Crippen LogP contribution in [-0.2, 0) is 0 Å².